The third-order valence-corrected chi connectivity index (χ3v) is 1.45. The van der Waals surface area contributed by atoms with Crippen LogP contribution in [0.4, 0.5) is 0 Å². The zero-order valence-electron chi connectivity index (χ0n) is 6.05. The van der Waals surface area contributed by atoms with Crippen molar-refractivity contribution >= 4 is 0 Å². The third-order valence-electron chi connectivity index (χ3n) is 1.45. The maximum absolute atomic E-state index is 8.74. The van der Waals surface area contributed by atoms with Crippen LogP contribution in [0, 0.1) is 0 Å². The van der Waals surface area contributed by atoms with E-state index in [1.54, 1.807) is 0 Å². The highest BCUT2D eigenvalue weighted by molar-refractivity contribution is 4.74. The quantitative estimate of drug-likeness (QED) is 0.581. The predicted octanol–water partition coefficient (Wildman–Crippen LogP) is 1.31. The lowest BCUT2D eigenvalue weighted by molar-refractivity contribution is -0.0141. The molecule has 0 saturated carbocycles. The molecule has 0 aromatic heterocycles. The molecule has 0 aliphatic heterocycles. The first-order valence-corrected chi connectivity index (χ1v) is 3.08. The van der Waals surface area contributed by atoms with Crippen molar-refractivity contribution in [1.29, 1.82) is 0 Å². The molecule has 1 N–H and O–H groups in total. The van der Waals surface area contributed by atoms with Crippen molar-refractivity contribution in [2.75, 3.05) is 6.61 Å². The van der Waals surface area contributed by atoms with Crippen LogP contribution in [0.1, 0.15) is 20.3 Å². The van der Waals surface area contributed by atoms with Crippen LogP contribution in [0.25, 0.3) is 0 Å². The molecule has 9 heavy (non-hydrogen) atoms. The SMILES string of the molecule is C=COC(C)(CC)CO. The number of rotatable bonds is 4. The van der Waals surface area contributed by atoms with E-state index < -0.39 is 5.60 Å². The zero-order valence-corrected chi connectivity index (χ0v) is 6.05. The molecule has 0 radical (unpaired) electrons. The van der Waals surface area contributed by atoms with Gasteiger partial charge in [0, 0.05) is 0 Å². The molecule has 0 saturated heterocycles. The highest BCUT2D eigenvalue weighted by atomic mass is 16.5. The van der Waals surface area contributed by atoms with Gasteiger partial charge >= 0.3 is 0 Å². The molecule has 0 bridgehead atoms. The molecule has 0 amide bonds. The van der Waals surface area contributed by atoms with Gasteiger partial charge in [-0.3, -0.25) is 0 Å². The molecule has 54 valence electrons. The van der Waals surface area contributed by atoms with E-state index >= 15 is 0 Å². The fourth-order valence-corrected chi connectivity index (χ4v) is 0.434. The maximum Gasteiger partial charge on any atom is 0.128 e. The first kappa shape index (κ1) is 8.50. The smallest absolute Gasteiger partial charge is 0.128 e. The summed E-state index contributed by atoms with van der Waals surface area (Å²) >= 11 is 0. The van der Waals surface area contributed by atoms with Gasteiger partial charge in [-0.05, 0) is 13.3 Å². The molecular weight excluding hydrogens is 116 g/mol. The minimum atomic E-state index is -0.429. The van der Waals surface area contributed by atoms with Crippen molar-refractivity contribution < 1.29 is 9.84 Å². The van der Waals surface area contributed by atoms with Crippen LogP contribution in [0.2, 0.25) is 0 Å². The zero-order chi connectivity index (χ0) is 7.33. The standard InChI is InChI=1S/C7H14O2/c1-4-7(3,6-8)9-5-2/h5,8H,2,4,6H2,1,3H3. The highest BCUT2D eigenvalue weighted by Crippen LogP contribution is 2.13. The van der Waals surface area contributed by atoms with E-state index in [-0.39, 0.29) is 6.61 Å². The lowest BCUT2D eigenvalue weighted by Crippen LogP contribution is -2.29. The van der Waals surface area contributed by atoms with Crippen molar-refractivity contribution in [2.45, 2.75) is 25.9 Å². The number of hydrogen-bond acceptors (Lipinski definition) is 2. The third kappa shape index (κ3) is 2.51. The second-order valence-electron chi connectivity index (χ2n) is 2.25. The van der Waals surface area contributed by atoms with Gasteiger partial charge in [-0.25, -0.2) is 0 Å². The van der Waals surface area contributed by atoms with E-state index in [0.717, 1.165) is 6.42 Å². The highest BCUT2D eigenvalue weighted by Gasteiger charge is 2.20. The van der Waals surface area contributed by atoms with E-state index in [1.807, 2.05) is 13.8 Å². The predicted molar refractivity (Wildman–Crippen MR) is 37.1 cm³/mol. The number of aliphatic hydroxyl groups is 1. The molecule has 0 aliphatic rings. The van der Waals surface area contributed by atoms with Gasteiger partial charge in [0.25, 0.3) is 0 Å². The summed E-state index contributed by atoms with van der Waals surface area (Å²) in [6.45, 7) is 7.25. The Morgan fingerprint density at radius 1 is 1.78 bits per heavy atom. The Balaban J connectivity index is 3.75. The molecule has 0 aromatic carbocycles. The molecule has 0 aliphatic carbocycles. The summed E-state index contributed by atoms with van der Waals surface area (Å²) in [5, 5.41) is 8.74. The Kier molecular flexibility index (Phi) is 3.32. The van der Waals surface area contributed by atoms with Crippen molar-refractivity contribution in [3.63, 3.8) is 0 Å². The van der Waals surface area contributed by atoms with Crippen LogP contribution >= 0.6 is 0 Å². The minimum absolute atomic E-state index is 0.0372. The Bertz CT molecular complexity index is 84.9. The van der Waals surface area contributed by atoms with E-state index in [4.69, 9.17) is 9.84 Å². The van der Waals surface area contributed by atoms with Crippen LogP contribution in [-0.2, 0) is 4.74 Å². The van der Waals surface area contributed by atoms with Crippen LogP contribution in [0.5, 0.6) is 0 Å². The Labute approximate surface area is 56.1 Å². The van der Waals surface area contributed by atoms with Gasteiger partial charge in [-0.2, -0.15) is 0 Å². The van der Waals surface area contributed by atoms with Gasteiger partial charge in [-0.1, -0.05) is 13.5 Å². The fraction of sp³-hybridized carbons (Fsp3) is 0.714. The van der Waals surface area contributed by atoms with E-state index in [1.165, 1.54) is 6.26 Å². The largest absolute Gasteiger partial charge is 0.493 e. The van der Waals surface area contributed by atoms with Crippen LogP contribution in [-0.4, -0.2) is 17.3 Å². The summed E-state index contributed by atoms with van der Waals surface area (Å²) in [6, 6.07) is 0. The average molecular weight is 130 g/mol. The fourth-order valence-electron chi connectivity index (χ4n) is 0.434. The molecule has 0 spiro atoms. The van der Waals surface area contributed by atoms with Crippen LogP contribution in [0.15, 0.2) is 12.8 Å². The van der Waals surface area contributed by atoms with Crippen LogP contribution < -0.4 is 0 Å². The van der Waals surface area contributed by atoms with E-state index in [2.05, 4.69) is 6.58 Å². The van der Waals surface area contributed by atoms with E-state index in [0.29, 0.717) is 0 Å². The molecule has 0 fully saturated rings. The average Bonchev–Trinajstić information content (AvgIpc) is 1.89. The Morgan fingerprint density at radius 2 is 2.33 bits per heavy atom. The molecule has 2 nitrogen and oxygen atoms in total. The summed E-state index contributed by atoms with van der Waals surface area (Å²) in [4.78, 5) is 0. The lowest BCUT2D eigenvalue weighted by atomic mass is 10.1. The van der Waals surface area contributed by atoms with Gasteiger partial charge in [0.15, 0.2) is 0 Å². The van der Waals surface area contributed by atoms with Gasteiger partial charge in [0.2, 0.25) is 0 Å². The summed E-state index contributed by atoms with van der Waals surface area (Å²) in [7, 11) is 0. The van der Waals surface area contributed by atoms with Crippen LogP contribution in [0.3, 0.4) is 0 Å². The first-order valence-electron chi connectivity index (χ1n) is 3.08. The first-order chi connectivity index (χ1) is 4.18. The van der Waals surface area contributed by atoms with Gasteiger partial charge < -0.3 is 9.84 Å². The maximum atomic E-state index is 8.74. The Hall–Kier alpha value is -0.500. The Morgan fingerprint density at radius 3 is 2.44 bits per heavy atom. The van der Waals surface area contributed by atoms with Crippen molar-refractivity contribution in [2.24, 2.45) is 0 Å². The number of aliphatic hydroxyl groups excluding tert-OH is 1. The number of hydrogen-bond donors (Lipinski definition) is 1. The molecule has 0 rings (SSSR count). The van der Waals surface area contributed by atoms with Gasteiger partial charge in [0.1, 0.15) is 5.60 Å². The summed E-state index contributed by atoms with van der Waals surface area (Å²) < 4.78 is 5.04. The van der Waals surface area contributed by atoms with Crippen molar-refractivity contribution in [1.82, 2.24) is 0 Å². The van der Waals surface area contributed by atoms with Crippen molar-refractivity contribution in [3.8, 4) is 0 Å². The summed E-state index contributed by atoms with van der Waals surface area (Å²) in [5.41, 5.74) is -0.429. The molecule has 1 unspecified atom stereocenters. The van der Waals surface area contributed by atoms with Crippen molar-refractivity contribution in [3.05, 3.63) is 12.8 Å². The molecule has 1 atom stereocenters. The summed E-state index contributed by atoms with van der Waals surface area (Å²) in [5.74, 6) is 0. The molecule has 0 aromatic rings. The number of ether oxygens (including phenoxy) is 1. The summed E-state index contributed by atoms with van der Waals surface area (Å²) in [6.07, 6.45) is 2.15. The monoisotopic (exact) mass is 130 g/mol. The topological polar surface area (TPSA) is 29.5 Å². The lowest BCUT2D eigenvalue weighted by Gasteiger charge is -2.24. The molecule has 0 heterocycles. The minimum Gasteiger partial charge on any atom is -0.493 e. The van der Waals surface area contributed by atoms with Gasteiger partial charge in [-0.15, -0.1) is 0 Å². The second-order valence-corrected chi connectivity index (χ2v) is 2.25. The molecule has 2 heteroatoms. The van der Waals surface area contributed by atoms with Gasteiger partial charge in [0.05, 0.1) is 12.9 Å². The molecular formula is C7H14O2. The second kappa shape index (κ2) is 3.51. The normalized spacial score (nSPS) is 16.3. The van der Waals surface area contributed by atoms with E-state index in [9.17, 15) is 0 Å².